The van der Waals surface area contributed by atoms with E-state index < -0.39 is 4.92 Å². The van der Waals surface area contributed by atoms with E-state index in [0.29, 0.717) is 61.3 Å². The molecule has 1 amide bonds. The molecule has 0 unspecified atom stereocenters. The first-order valence-electron chi connectivity index (χ1n) is 10.1. The first-order valence-corrected chi connectivity index (χ1v) is 10.1. The molecule has 10 nitrogen and oxygen atoms in total. The Morgan fingerprint density at radius 3 is 2.66 bits per heavy atom. The van der Waals surface area contributed by atoms with Crippen molar-refractivity contribution in [2.45, 2.75) is 19.8 Å². The lowest BCUT2D eigenvalue weighted by atomic mass is 10.1. The number of anilines is 1. The molecule has 11 heteroatoms. The van der Waals surface area contributed by atoms with E-state index in [1.807, 2.05) is 4.90 Å². The molecular formula is C21H21FN6O4. The third-order valence-electron chi connectivity index (χ3n) is 5.34. The third-order valence-corrected chi connectivity index (χ3v) is 5.34. The second-order valence-electron chi connectivity index (χ2n) is 7.48. The van der Waals surface area contributed by atoms with Crippen LogP contribution in [0.15, 0.2) is 41.1 Å². The van der Waals surface area contributed by atoms with E-state index in [-0.39, 0.29) is 23.8 Å². The highest BCUT2D eigenvalue weighted by Crippen LogP contribution is 2.20. The zero-order chi connectivity index (χ0) is 22.7. The fraction of sp³-hybridized carbons (Fsp3) is 0.333. The van der Waals surface area contributed by atoms with Crippen molar-refractivity contribution in [1.82, 2.24) is 20.0 Å². The predicted octanol–water partition coefficient (Wildman–Crippen LogP) is 2.77. The summed E-state index contributed by atoms with van der Waals surface area (Å²) in [5.74, 6) is 1.05. The van der Waals surface area contributed by atoms with Crippen molar-refractivity contribution in [2.75, 3.05) is 31.1 Å². The molecule has 1 aliphatic heterocycles. The van der Waals surface area contributed by atoms with Crippen molar-refractivity contribution in [1.29, 1.82) is 0 Å². The number of rotatable bonds is 6. The Kier molecular flexibility index (Phi) is 6.06. The van der Waals surface area contributed by atoms with Crippen molar-refractivity contribution < 1.29 is 18.6 Å². The number of benzene rings is 1. The Labute approximate surface area is 182 Å². The van der Waals surface area contributed by atoms with Crippen LogP contribution in [0.5, 0.6) is 0 Å². The monoisotopic (exact) mass is 440 g/mol. The number of nitrogens with zero attached hydrogens (tertiary/aromatic N) is 6. The van der Waals surface area contributed by atoms with E-state index in [2.05, 4.69) is 15.1 Å². The van der Waals surface area contributed by atoms with Gasteiger partial charge in [-0.3, -0.25) is 14.9 Å². The Bertz CT molecular complexity index is 1130. The summed E-state index contributed by atoms with van der Waals surface area (Å²) in [6.07, 6.45) is 1.79. The van der Waals surface area contributed by atoms with Crippen LogP contribution in [-0.4, -0.2) is 57.0 Å². The summed E-state index contributed by atoms with van der Waals surface area (Å²) in [6, 6.07) is 7.63. The van der Waals surface area contributed by atoms with Crippen LogP contribution < -0.4 is 4.90 Å². The maximum atomic E-state index is 13.4. The summed E-state index contributed by atoms with van der Waals surface area (Å²) in [5, 5.41) is 14.7. The number of carbonyl (C=O) groups is 1. The Morgan fingerprint density at radius 2 is 2.00 bits per heavy atom. The molecular weight excluding hydrogens is 419 g/mol. The first kappa shape index (κ1) is 21.3. The van der Waals surface area contributed by atoms with Crippen molar-refractivity contribution in [3.63, 3.8) is 0 Å². The van der Waals surface area contributed by atoms with Gasteiger partial charge in [0.15, 0.2) is 0 Å². The maximum Gasteiger partial charge on any atom is 0.287 e. The molecule has 0 aliphatic carbocycles. The molecule has 0 radical (unpaired) electrons. The minimum absolute atomic E-state index is 0.0151. The highest BCUT2D eigenvalue weighted by Gasteiger charge is 2.23. The van der Waals surface area contributed by atoms with Crippen LogP contribution in [0.1, 0.15) is 17.9 Å². The number of nitro groups is 1. The number of amides is 1. The number of pyridine rings is 1. The zero-order valence-corrected chi connectivity index (χ0v) is 17.4. The molecule has 1 aromatic carbocycles. The average molecular weight is 440 g/mol. The number of piperazine rings is 1. The number of aromatic nitrogens is 3. The molecule has 166 valence electrons. The number of aryl methyl sites for hydroxylation is 2. The van der Waals surface area contributed by atoms with Crippen LogP contribution in [-0.2, 0) is 11.2 Å². The largest absolute Gasteiger partial charge is 0.353 e. The molecule has 2 aromatic heterocycles. The van der Waals surface area contributed by atoms with Gasteiger partial charge in [0.05, 0.1) is 4.92 Å². The van der Waals surface area contributed by atoms with Gasteiger partial charge in [-0.2, -0.15) is 4.98 Å². The lowest BCUT2D eigenvalue weighted by Crippen LogP contribution is -2.49. The van der Waals surface area contributed by atoms with Crippen molar-refractivity contribution in [3.8, 4) is 11.4 Å². The zero-order valence-electron chi connectivity index (χ0n) is 17.4. The summed E-state index contributed by atoms with van der Waals surface area (Å²) in [4.78, 5) is 35.0. The van der Waals surface area contributed by atoms with Gasteiger partial charge in [-0.25, -0.2) is 9.37 Å². The lowest BCUT2D eigenvalue weighted by Gasteiger charge is -2.35. The van der Waals surface area contributed by atoms with Gasteiger partial charge in [-0.1, -0.05) is 5.16 Å². The molecule has 3 aromatic rings. The molecule has 4 rings (SSSR count). The normalized spacial score (nSPS) is 13.9. The van der Waals surface area contributed by atoms with Crippen molar-refractivity contribution in [3.05, 3.63) is 63.9 Å². The molecule has 32 heavy (non-hydrogen) atoms. The Hall–Kier alpha value is -3.89. The second-order valence-corrected chi connectivity index (χ2v) is 7.48. The van der Waals surface area contributed by atoms with E-state index in [4.69, 9.17) is 4.52 Å². The van der Waals surface area contributed by atoms with E-state index in [1.165, 1.54) is 18.3 Å². The summed E-state index contributed by atoms with van der Waals surface area (Å²) >= 11 is 0. The standard InChI is InChI=1S/C21H21FN6O4/c1-14-12-15(2-4-17(14)22)21-24-19(32-25-21)6-7-20(29)27-10-8-26(9-11-27)18-5-3-16(13-23-18)28(30)31/h2-5,12-13H,6-11H2,1H3. The van der Waals surface area contributed by atoms with Crippen LogP contribution in [0, 0.1) is 22.9 Å². The van der Waals surface area contributed by atoms with Crippen LogP contribution in [0.4, 0.5) is 15.9 Å². The van der Waals surface area contributed by atoms with Gasteiger partial charge in [0.1, 0.15) is 17.8 Å². The molecule has 0 spiro atoms. The Morgan fingerprint density at radius 1 is 1.22 bits per heavy atom. The molecule has 1 fully saturated rings. The smallest absolute Gasteiger partial charge is 0.287 e. The van der Waals surface area contributed by atoms with Gasteiger partial charge < -0.3 is 14.3 Å². The summed E-state index contributed by atoms with van der Waals surface area (Å²) in [6.45, 7) is 3.90. The van der Waals surface area contributed by atoms with E-state index in [1.54, 1.807) is 30.0 Å². The van der Waals surface area contributed by atoms with Crippen molar-refractivity contribution >= 4 is 17.4 Å². The van der Waals surface area contributed by atoms with E-state index in [0.717, 1.165) is 0 Å². The minimum Gasteiger partial charge on any atom is -0.353 e. The molecule has 1 aliphatic rings. The molecule has 0 saturated carbocycles. The number of halogens is 1. The van der Waals surface area contributed by atoms with Crippen LogP contribution in [0.2, 0.25) is 0 Å². The summed E-state index contributed by atoms with van der Waals surface area (Å²) in [5.41, 5.74) is 1.09. The van der Waals surface area contributed by atoms with Gasteiger partial charge in [0.2, 0.25) is 17.6 Å². The molecule has 0 bridgehead atoms. The van der Waals surface area contributed by atoms with Gasteiger partial charge >= 0.3 is 0 Å². The van der Waals surface area contributed by atoms with Gasteiger partial charge in [-0.05, 0) is 36.8 Å². The molecule has 0 atom stereocenters. The summed E-state index contributed by atoms with van der Waals surface area (Å²) < 4.78 is 18.7. The van der Waals surface area contributed by atoms with Gasteiger partial charge in [0, 0.05) is 50.7 Å². The summed E-state index contributed by atoms with van der Waals surface area (Å²) in [7, 11) is 0. The van der Waals surface area contributed by atoms with E-state index >= 15 is 0 Å². The quantitative estimate of drug-likeness (QED) is 0.424. The van der Waals surface area contributed by atoms with Gasteiger partial charge in [-0.15, -0.1) is 0 Å². The number of hydrogen-bond donors (Lipinski definition) is 0. The van der Waals surface area contributed by atoms with Gasteiger partial charge in [0.25, 0.3) is 5.69 Å². The van der Waals surface area contributed by atoms with Crippen molar-refractivity contribution in [2.24, 2.45) is 0 Å². The highest BCUT2D eigenvalue weighted by atomic mass is 19.1. The van der Waals surface area contributed by atoms with Crippen LogP contribution in [0.25, 0.3) is 11.4 Å². The lowest BCUT2D eigenvalue weighted by molar-refractivity contribution is -0.385. The van der Waals surface area contributed by atoms with Crippen LogP contribution in [0.3, 0.4) is 0 Å². The predicted molar refractivity (Wildman–Crippen MR) is 112 cm³/mol. The van der Waals surface area contributed by atoms with E-state index in [9.17, 15) is 19.3 Å². The third kappa shape index (κ3) is 4.71. The van der Waals surface area contributed by atoms with Crippen LogP contribution >= 0.6 is 0 Å². The average Bonchev–Trinajstić information content (AvgIpc) is 3.28. The molecule has 1 saturated heterocycles. The second kappa shape index (κ2) is 9.08. The molecule has 0 N–H and O–H groups in total. The first-order chi connectivity index (χ1) is 15.4. The Balaban J connectivity index is 1.28. The fourth-order valence-electron chi connectivity index (χ4n) is 3.49. The number of carbonyl (C=O) groups excluding carboxylic acids is 1. The number of hydrogen-bond acceptors (Lipinski definition) is 8. The molecule has 3 heterocycles. The fourth-order valence-corrected chi connectivity index (χ4v) is 3.49. The maximum absolute atomic E-state index is 13.4. The highest BCUT2D eigenvalue weighted by molar-refractivity contribution is 5.76. The minimum atomic E-state index is -0.486. The SMILES string of the molecule is Cc1cc(-c2noc(CCC(=O)N3CCN(c4ccc([N+](=O)[O-])cn4)CC3)n2)ccc1F. The topological polar surface area (TPSA) is 118 Å².